The maximum atomic E-state index is 12.7. The van der Waals surface area contributed by atoms with Gasteiger partial charge in [0.15, 0.2) is 0 Å². The molecular weight excluding hydrogens is 486 g/mol. The quantitative estimate of drug-likeness (QED) is 0.177. The van der Waals surface area contributed by atoms with Crippen molar-refractivity contribution in [3.8, 4) is 0 Å². The average molecular weight is 516 g/mol. The van der Waals surface area contributed by atoms with Gasteiger partial charge in [0.25, 0.3) is 5.91 Å². The molecule has 1 atom stereocenters. The molecule has 192 valence electrons. The number of nitrogens with one attached hydrogen (secondary N) is 5. The lowest BCUT2D eigenvalue weighted by Crippen LogP contribution is -2.48. The third kappa shape index (κ3) is 6.44. The van der Waals surface area contributed by atoms with Gasteiger partial charge in [0.1, 0.15) is 12.3 Å². The van der Waals surface area contributed by atoms with E-state index in [9.17, 15) is 23.1 Å². The number of hydrogen-bond donors (Lipinski definition) is 6. The third-order valence-corrected chi connectivity index (χ3v) is 7.22. The van der Waals surface area contributed by atoms with E-state index in [1.54, 1.807) is 30.5 Å². The van der Waals surface area contributed by atoms with Crippen molar-refractivity contribution in [3.05, 3.63) is 60.3 Å². The molecule has 0 radical (unpaired) electrons. The molecule has 0 saturated carbocycles. The second-order valence-corrected chi connectivity index (χ2v) is 10.0. The summed E-state index contributed by atoms with van der Waals surface area (Å²) in [6.07, 6.45) is 2.68. The van der Waals surface area contributed by atoms with Crippen LogP contribution in [0, 0.1) is 0 Å². The van der Waals surface area contributed by atoms with E-state index in [1.807, 2.05) is 4.68 Å². The fourth-order valence-corrected chi connectivity index (χ4v) is 5.07. The van der Waals surface area contributed by atoms with Crippen LogP contribution in [0.15, 0.2) is 59.6 Å². The van der Waals surface area contributed by atoms with Crippen molar-refractivity contribution in [2.24, 2.45) is 0 Å². The Hall–Kier alpha value is -3.36. The molecule has 1 aliphatic heterocycles. The summed E-state index contributed by atoms with van der Waals surface area (Å²) in [6, 6.07) is 11.0. The van der Waals surface area contributed by atoms with E-state index in [0.717, 1.165) is 37.0 Å². The number of carbonyl (C=O) groups excluding carboxylic acids is 1. The van der Waals surface area contributed by atoms with Crippen molar-refractivity contribution >= 4 is 32.8 Å². The summed E-state index contributed by atoms with van der Waals surface area (Å²) < 4.78 is 28.9. The Kier molecular flexibility index (Phi) is 8.28. The minimum absolute atomic E-state index is 0.0623. The molecule has 1 fully saturated rings. The molecule has 0 bridgehead atoms. The van der Waals surface area contributed by atoms with E-state index in [4.69, 9.17) is 0 Å². The van der Waals surface area contributed by atoms with Crippen LogP contribution in [0.5, 0.6) is 0 Å². The monoisotopic (exact) mass is 515 g/mol. The van der Waals surface area contributed by atoms with Gasteiger partial charge < -0.3 is 10.4 Å². The Labute approximate surface area is 208 Å². The van der Waals surface area contributed by atoms with Crippen molar-refractivity contribution < 1.29 is 23.1 Å². The topological polar surface area (TPSA) is 166 Å². The molecule has 3 aromatic rings. The molecule has 12 nitrogen and oxygen atoms in total. The lowest BCUT2D eigenvalue weighted by Gasteiger charge is -2.16. The maximum Gasteiger partial charge on any atom is 0.323 e. The first-order chi connectivity index (χ1) is 17.3. The fraction of sp³-hybridized carbons (Fsp3) is 0.348. The SMILES string of the molecule is O=C(NCC(NS(=O)(=O)c1ccccc1)C(=O)O)c1ccc2c(cnn2CCCNC2NCCN2)c1. The minimum atomic E-state index is -4.06. The van der Waals surface area contributed by atoms with Crippen LogP contribution >= 0.6 is 0 Å². The normalized spacial score (nSPS) is 15.2. The van der Waals surface area contributed by atoms with E-state index in [1.165, 1.54) is 24.3 Å². The molecule has 0 spiro atoms. The molecule has 1 aromatic heterocycles. The highest BCUT2D eigenvalue weighted by Crippen LogP contribution is 2.16. The second-order valence-electron chi connectivity index (χ2n) is 8.33. The van der Waals surface area contributed by atoms with Crippen molar-refractivity contribution in [2.45, 2.75) is 30.2 Å². The molecule has 1 unspecified atom stereocenters. The number of benzene rings is 2. The highest BCUT2D eigenvalue weighted by atomic mass is 32.2. The van der Waals surface area contributed by atoms with E-state index in [2.05, 4.69) is 31.1 Å². The van der Waals surface area contributed by atoms with Gasteiger partial charge in [-0.1, -0.05) is 18.2 Å². The lowest BCUT2D eigenvalue weighted by atomic mass is 10.1. The van der Waals surface area contributed by atoms with E-state index in [-0.39, 0.29) is 11.2 Å². The standard InChI is InChI=1S/C23H29N7O5S/c31-21(27-15-19(22(32)33)29-36(34,35)18-5-2-1-3-6-18)16-7-8-20-17(13-16)14-28-30(20)12-4-9-24-23-25-10-11-26-23/h1-3,5-8,13-14,19,23-26,29H,4,9-12,15H2,(H,27,31)(H,32,33). The van der Waals surface area contributed by atoms with Gasteiger partial charge in [-0.3, -0.25) is 30.2 Å². The highest BCUT2D eigenvalue weighted by Gasteiger charge is 2.26. The van der Waals surface area contributed by atoms with Gasteiger partial charge in [0.05, 0.1) is 16.6 Å². The van der Waals surface area contributed by atoms with Gasteiger partial charge >= 0.3 is 5.97 Å². The maximum absolute atomic E-state index is 12.7. The van der Waals surface area contributed by atoms with E-state index < -0.39 is 34.5 Å². The number of hydrogen-bond acceptors (Lipinski definition) is 8. The molecule has 4 rings (SSSR count). The molecular formula is C23H29N7O5S. The van der Waals surface area contributed by atoms with Gasteiger partial charge in [-0.15, -0.1) is 0 Å². The van der Waals surface area contributed by atoms with Crippen LogP contribution in [0.25, 0.3) is 10.9 Å². The van der Waals surface area contributed by atoms with Crippen molar-refractivity contribution in [1.29, 1.82) is 0 Å². The van der Waals surface area contributed by atoms with Crippen molar-refractivity contribution in [2.75, 3.05) is 26.2 Å². The molecule has 36 heavy (non-hydrogen) atoms. The smallest absolute Gasteiger partial charge is 0.323 e. The Bertz CT molecular complexity index is 1310. The minimum Gasteiger partial charge on any atom is -0.480 e. The number of aryl methyl sites for hydroxylation is 1. The van der Waals surface area contributed by atoms with Gasteiger partial charge in [0.2, 0.25) is 10.0 Å². The Morgan fingerprint density at radius 3 is 2.61 bits per heavy atom. The average Bonchev–Trinajstić information content (AvgIpc) is 3.54. The largest absolute Gasteiger partial charge is 0.480 e. The fourth-order valence-electron chi connectivity index (χ4n) is 3.86. The zero-order valence-corrected chi connectivity index (χ0v) is 20.3. The number of amides is 1. The summed E-state index contributed by atoms with van der Waals surface area (Å²) >= 11 is 0. The van der Waals surface area contributed by atoms with Crippen LogP contribution in [0.4, 0.5) is 0 Å². The number of rotatable bonds is 12. The predicted molar refractivity (Wildman–Crippen MR) is 133 cm³/mol. The zero-order valence-electron chi connectivity index (χ0n) is 19.5. The number of aromatic nitrogens is 2. The molecule has 13 heteroatoms. The number of fused-ring (bicyclic) bond motifs is 1. The van der Waals surface area contributed by atoms with Crippen molar-refractivity contribution in [3.63, 3.8) is 0 Å². The lowest BCUT2D eigenvalue weighted by molar-refractivity contribution is -0.138. The molecule has 2 aromatic carbocycles. The Balaban J connectivity index is 1.33. The first kappa shape index (κ1) is 25.7. The van der Waals surface area contributed by atoms with Crippen LogP contribution in [0.1, 0.15) is 16.8 Å². The first-order valence-corrected chi connectivity index (χ1v) is 13.1. The number of carboxylic acid groups (broad SMARTS) is 1. The predicted octanol–water partition coefficient (Wildman–Crippen LogP) is -0.346. The Morgan fingerprint density at radius 1 is 1.14 bits per heavy atom. The number of carboxylic acids is 1. The summed E-state index contributed by atoms with van der Waals surface area (Å²) in [5.41, 5.74) is 1.19. The Morgan fingerprint density at radius 2 is 1.89 bits per heavy atom. The summed E-state index contributed by atoms with van der Waals surface area (Å²) in [5, 5.41) is 27.1. The number of carbonyl (C=O) groups is 2. The number of nitrogens with zero attached hydrogens (tertiary/aromatic N) is 2. The number of sulfonamides is 1. The molecule has 0 aliphatic carbocycles. The van der Waals surface area contributed by atoms with Gasteiger partial charge in [-0.2, -0.15) is 9.82 Å². The molecule has 6 N–H and O–H groups in total. The molecule has 1 aliphatic rings. The van der Waals surface area contributed by atoms with E-state index in [0.29, 0.717) is 12.1 Å². The van der Waals surface area contributed by atoms with Crippen LogP contribution in [-0.4, -0.2) is 73.7 Å². The highest BCUT2D eigenvalue weighted by molar-refractivity contribution is 7.89. The van der Waals surface area contributed by atoms with Crippen LogP contribution in [0.2, 0.25) is 0 Å². The van der Waals surface area contributed by atoms with Gasteiger partial charge in [-0.25, -0.2) is 8.42 Å². The summed E-state index contributed by atoms with van der Waals surface area (Å²) in [6.45, 7) is 2.98. The molecule has 1 saturated heterocycles. The summed E-state index contributed by atoms with van der Waals surface area (Å²) in [5.74, 6) is -1.92. The van der Waals surface area contributed by atoms with E-state index >= 15 is 0 Å². The molecule has 2 heterocycles. The summed E-state index contributed by atoms with van der Waals surface area (Å²) in [7, 11) is -4.06. The summed E-state index contributed by atoms with van der Waals surface area (Å²) in [4.78, 5) is 24.2. The third-order valence-electron chi connectivity index (χ3n) is 5.74. The van der Waals surface area contributed by atoms with Crippen molar-refractivity contribution in [1.82, 2.24) is 35.8 Å². The van der Waals surface area contributed by atoms with Crippen LogP contribution in [-0.2, 0) is 21.4 Å². The molecule has 1 amide bonds. The van der Waals surface area contributed by atoms with Crippen LogP contribution in [0.3, 0.4) is 0 Å². The number of aliphatic carboxylic acids is 1. The first-order valence-electron chi connectivity index (χ1n) is 11.6. The van der Waals surface area contributed by atoms with Gasteiger partial charge in [-0.05, 0) is 43.3 Å². The zero-order chi connectivity index (χ0) is 25.5. The van der Waals surface area contributed by atoms with Gasteiger partial charge in [0, 0.05) is 37.1 Å². The second kappa shape index (κ2) is 11.6. The van der Waals surface area contributed by atoms with Crippen LogP contribution < -0.4 is 26.0 Å².